The summed E-state index contributed by atoms with van der Waals surface area (Å²) in [6.07, 6.45) is 1.71. The Kier molecular flexibility index (Phi) is 9.88. The Balaban J connectivity index is 1.31. The summed E-state index contributed by atoms with van der Waals surface area (Å²) in [4.78, 5) is 46.2. The predicted octanol–water partition coefficient (Wildman–Crippen LogP) is 6.03. The Labute approximate surface area is 312 Å². The Morgan fingerprint density at radius 1 is 1.02 bits per heavy atom. The van der Waals surface area contributed by atoms with Crippen molar-refractivity contribution in [1.82, 2.24) is 4.90 Å². The Bertz CT molecular complexity index is 2040. The van der Waals surface area contributed by atoms with Crippen molar-refractivity contribution >= 4 is 42.4 Å². The number of aliphatic hydroxyl groups excluding tert-OH is 1. The van der Waals surface area contributed by atoms with Gasteiger partial charge in [-0.05, 0) is 65.6 Å². The molecule has 3 aliphatic heterocycles. The number of rotatable bonds is 10. The van der Waals surface area contributed by atoms with Gasteiger partial charge in [-0.3, -0.25) is 14.4 Å². The highest BCUT2D eigenvalue weighted by Crippen LogP contribution is 2.60. The normalized spacial score (nSPS) is 23.5. The van der Waals surface area contributed by atoms with Crippen LogP contribution in [0.3, 0.4) is 0 Å². The number of aliphatic hydroxyl groups is 1. The number of fused-ring (bicyclic) bond motifs is 3. The maximum absolute atomic E-state index is 14.9. The number of benzene rings is 4. The van der Waals surface area contributed by atoms with E-state index in [0.717, 1.165) is 22.1 Å². The second-order valence-corrected chi connectivity index (χ2v) is 19.6. The third-order valence-corrected chi connectivity index (χ3v) is 16.1. The fourth-order valence-corrected chi connectivity index (χ4v) is 13.0. The van der Waals surface area contributed by atoms with E-state index in [1.165, 1.54) is 0 Å². The van der Waals surface area contributed by atoms with Crippen molar-refractivity contribution in [2.24, 2.45) is 5.92 Å². The Morgan fingerprint density at radius 2 is 1.72 bits per heavy atom. The third kappa shape index (κ3) is 6.28. The molecule has 9 nitrogen and oxygen atoms in total. The Morgan fingerprint density at radius 3 is 2.40 bits per heavy atom. The summed E-state index contributed by atoms with van der Waals surface area (Å²) in [5.41, 5.74) is 3.04. The smallest absolute Gasteiger partial charge is 0.264 e. The second kappa shape index (κ2) is 14.4. The monoisotopic (exact) mass is 729 g/mol. The van der Waals surface area contributed by atoms with Crippen LogP contribution in [-0.2, 0) is 32.9 Å². The average Bonchev–Trinajstić information content (AvgIpc) is 3.60. The number of ether oxygens (including phenoxy) is 2. The standard InChI is InChI=1S/C43H47N3O6Si/c1-6-22-45-37-21-16-32(44-41(49)29-12-8-7-9-13-29)24-36(37)43(42(45)50)28(2)40(53(4,5)35-19-17-34(51-3)18-20-35)38(52-43)25-39(48)46-26-31-15-11-10-14-30(31)23-33(46)27-47/h6-21,24,28,33,38,40,47H,1,22-23,25-27H2,2-5H3,(H,44,49)/t28-,33-,38+,40-,43+/m0/s1. The van der Waals surface area contributed by atoms with Crippen molar-refractivity contribution in [3.63, 3.8) is 0 Å². The number of nitrogens with zero attached hydrogens (tertiary/aromatic N) is 2. The maximum Gasteiger partial charge on any atom is 0.264 e. The lowest BCUT2D eigenvalue weighted by Gasteiger charge is -2.39. The minimum atomic E-state index is -2.54. The number of methoxy groups -OCH3 is 1. The van der Waals surface area contributed by atoms with Gasteiger partial charge in [-0.25, -0.2) is 0 Å². The summed E-state index contributed by atoms with van der Waals surface area (Å²) in [6, 6.07) is 30.3. The van der Waals surface area contributed by atoms with Gasteiger partial charge in [0.2, 0.25) is 5.91 Å². The number of amides is 3. The molecular formula is C43H47N3O6Si. The molecule has 10 heteroatoms. The van der Waals surface area contributed by atoms with Crippen LogP contribution in [0.5, 0.6) is 5.75 Å². The predicted molar refractivity (Wildman–Crippen MR) is 209 cm³/mol. The molecule has 7 rings (SSSR count). The maximum atomic E-state index is 14.9. The van der Waals surface area contributed by atoms with Gasteiger partial charge in [0, 0.05) is 35.8 Å². The highest BCUT2D eigenvalue weighted by molar-refractivity contribution is 6.91. The van der Waals surface area contributed by atoms with Gasteiger partial charge in [0.05, 0.1) is 46.0 Å². The van der Waals surface area contributed by atoms with E-state index in [1.54, 1.807) is 41.2 Å². The summed E-state index contributed by atoms with van der Waals surface area (Å²) in [7, 11) is -0.896. The minimum Gasteiger partial charge on any atom is -0.497 e. The molecule has 1 saturated heterocycles. The van der Waals surface area contributed by atoms with Gasteiger partial charge in [0.1, 0.15) is 5.75 Å². The van der Waals surface area contributed by atoms with Crippen molar-refractivity contribution in [3.05, 3.63) is 132 Å². The summed E-state index contributed by atoms with van der Waals surface area (Å²) in [5, 5.41) is 14.6. The fraction of sp³-hybridized carbons (Fsp3) is 0.326. The van der Waals surface area contributed by atoms with Crippen LogP contribution in [-0.4, -0.2) is 68.2 Å². The van der Waals surface area contributed by atoms with Crippen LogP contribution < -0.4 is 20.1 Å². The average molecular weight is 730 g/mol. The van der Waals surface area contributed by atoms with E-state index in [9.17, 15) is 19.5 Å². The molecule has 3 aliphatic rings. The zero-order chi connectivity index (χ0) is 37.5. The molecule has 0 aromatic heterocycles. The molecule has 0 radical (unpaired) electrons. The first-order valence-electron chi connectivity index (χ1n) is 18.3. The summed E-state index contributed by atoms with van der Waals surface area (Å²) in [5.74, 6) is -0.173. The minimum absolute atomic E-state index is 0.0521. The molecule has 2 N–H and O–H groups in total. The summed E-state index contributed by atoms with van der Waals surface area (Å²) in [6.45, 7) is 11.1. The van der Waals surface area contributed by atoms with Crippen molar-refractivity contribution in [2.75, 3.05) is 30.5 Å². The number of carbonyl (C=O) groups is 3. The Hall–Kier alpha value is -5.03. The molecule has 1 spiro atoms. The highest BCUT2D eigenvalue weighted by atomic mass is 28.3. The third-order valence-electron chi connectivity index (χ3n) is 11.7. The molecule has 3 amide bonds. The van der Waals surface area contributed by atoms with Gasteiger partial charge in [-0.1, -0.05) is 85.9 Å². The van der Waals surface area contributed by atoms with Gasteiger partial charge < -0.3 is 29.7 Å². The zero-order valence-electron chi connectivity index (χ0n) is 30.7. The van der Waals surface area contributed by atoms with Crippen molar-refractivity contribution < 1.29 is 29.0 Å². The molecule has 1 fully saturated rings. The van der Waals surface area contributed by atoms with E-state index in [4.69, 9.17) is 9.47 Å². The van der Waals surface area contributed by atoms with E-state index < -0.39 is 19.8 Å². The van der Waals surface area contributed by atoms with Crippen LogP contribution in [0, 0.1) is 5.92 Å². The number of nitrogens with one attached hydrogen (secondary N) is 1. The lowest BCUT2D eigenvalue weighted by Crippen LogP contribution is -2.52. The molecule has 5 atom stereocenters. The van der Waals surface area contributed by atoms with Crippen LogP contribution in [0.4, 0.5) is 11.4 Å². The van der Waals surface area contributed by atoms with Crippen LogP contribution >= 0.6 is 0 Å². The lowest BCUT2D eigenvalue weighted by atomic mass is 9.82. The van der Waals surface area contributed by atoms with Crippen LogP contribution in [0.25, 0.3) is 0 Å². The quantitative estimate of drug-likeness (QED) is 0.153. The second-order valence-electron chi connectivity index (χ2n) is 14.9. The number of carbonyl (C=O) groups excluding carboxylic acids is 3. The fourth-order valence-electron chi connectivity index (χ4n) is 9.03. The highest BCUT2D eigenvalue weighted by Gasteiger charge is 2.66. The van der Waals surface area contributed by atoms with Crippen LogP contribution in [0.2, 0.25) is 18.6 Å². The van der Waals surface area contributed by atoms with Gasteiger partial charge in [0.25, 0.3) is 11.8 Å². The van der Waals surface area contributed by atoms with E-state index in [2.05, 4.69) is 50.1 Å². The molecule has 4 aromatic rings. The van der Waals surface area contributed by atoms with Gasteiger partial charge >= 0.3 is 0 Å². The largest absolute Gasteiger partial charge is 0.497 e. The van der Waals surface area contributed by atoms with Gasteiger partial charge in [-0.2, -0.15) is 0 Å². The lowest BCUT2D eigenvalue weighted by molar-refractivity contribution is -0.150. The number of hydrogen-bond acceptors (Lipinski definition) is 6. The number of hydrogen-bond donors (Lipinski definition) is 2. The molecule has 53 heavy (non-hydrogen) atoms. The van der Waals surface area contributed by atoms with Crippen molar-refractivity contribution in [1.29, 1.82) is 0 Å². The molecule has 4 aromatic carbocycles. The number of anilines is 2. The molecular weight excluding hydrogens is 683 g/mol. The molecule has 274 valence electrons. The van der Waals surface area contributed by atoms with E-state index in [0.29, 0.717) is 35.5 Å². The molecule has 0 aliphatic carbocycles. The van der Waals surface area contributed by atoms with E-state index in [-0.39, 0.29) is 54.8 Å². The first-order valence-corrected chi connectivity index (χ1v) is 21.3. The summed E-state index contributed by atoms with van der Waals surface area (Å²) < 4.78 is 12.7. The molecule has 0 saturated carbocycles. The van der Waals surface area contributed by atoms with Gasteiger partial charge in [-0.15, -0.1) is 6.58 Å². The van der Waals surface area contributed by atoms with Crippen LogP contribution in [0.15, 0.2) is 110 Å². The van der Waals surface area contributed by atoms with Gasteiger partial charge in [0.15, 0.2) is 5.60 Å². The molecule has 3 heterocycles. The SMILES string of the molecule is C=CCN1C(=O)[C@]2(O[C@H](CC(=O)N3Cc4ccccc4C[C@H]3CO)[C@@H]([Si](C)(C)c3ccc(OC)cc3)[C@@H]2C)c2cc(NC(=O)c3ccccc3)ccc21. The zero-order valence-corrected chi connectivity index (χ0v) is 31.7. The first-order chi connectivity index (χ1) is 25.5. The first kappa shape index (κ1) is 36.3. The van der Waals surface area contributed by atoms with Crippen LogP contribution in [0.1, 0.15) is 40.4 Å². The molecule has 0 unspecified atom stereocenters. The van der Waals surface area contributed by atoms with E-state index in [1.807, 2.05) is 60.7 Å². The van der Waals surface area contributed by atoms with Crippen molar-refractivity contribution in [2.45, 2.75) is 62.7 Å². The van der Waals surface area contributed by atoms with Crippen molar-refractivity contribution in [3.8, 4) is 5.75 Å². The summed E-state index contributed by atoms with van der Waals surface area (Å²) >= 11 is 0. The van der Waals surface area contributed by atoms with E-state index >= 15 is 0 Å². The topological polar surface area (TPSA) is 108 Å². The molecule has 0 bridgehead atoms.